The van der Waals surface area contributed by atoms with E-state index in [1.54, 1.807) is 0 Å². The van der Waals surface area contributed by atoms with E-state index in [1.165, 1.54) is 19.3 Å². The fourth-order valence-corrected chi connectivity index (χ4v) is 1.38. The maximum Gasteiger partial charge on any atom is 0.416 e. The monoisotopic (exact) mass is 289 g/mol. The molecule has 0 spiro atoms. The number of carbonyl (C=O) groups is 1. The molecule has 0 bridgehead atoms. The normalized spacial score (nSPS) is 11.6. The van der Waals surface area contributed by atoms with Gasteiger partial charge >= 0.3 is 12.1 Å². The lowest BCUT2D eigenvalue weighted by Crippen LogP contribution is -2.06. The Balaban J connectivity index is 3.08. The first-order chi connectivity index (χ1) is 9.25. The lowest BCUT2D eigenvalue weighted by atomic mass is 10.1. The highest BCUT2D eigenvalue weighted by molar-refractivity contribution is 5.73. The van der Waals surface area contributed by atoms with Gasteiger partial charge in [-0.2, -0.15) is 13.2 Å². The molecule has 1 rings (SSSR count). The first kappa shape index (κ1) is 15.7. The number of nitrogens with zero attached hydrogens (tertiary/aromatic N) is 1. The van der Waals surface area contributed by atoms with Gasteiger partial charge in [0.25, 0.3) is 5.69 Å². The molecule has 1 aromatic rings. The van der Waals surface area contributed by atoms with Gasteiger partial charge in [-0.1, -0.05) is 12.2 Å². The van der Waals surface area contributed by atoms with E-state index in [-0.39, 0.29) is 12.0 Å². The van der Waals surface area contributed by atoms with Crippen LogP contribution in [0.15, 0.2) is 24.3 Å². The first-order valence-corrected chi connectivity index (χ1v) is 5.34. The molecule has 108 valence electrons. The molecule has 0 aliphatic heterocycles. The van der Waals surface area contributed by atoms with Crippen LogP contribution < -0.4 is 0 Å². The van der Waals surface area contributed by atoms with Gasteiger partial charge in [0.15, 0.2) is 0 Å². The lowest BCUT2D eigenvalue weighted by molar-refractivity contribution is -0.385. The van der Waals surface area contributed by atoms with E-state index in [1.807, 2.05) is 0 Å². The molecule has 0 aromatic heterocycles. The average Bonchev–Trinajstić information content (AvgIpc) is 2.37. The second-order valence-electron chi connectivity index (χ2n) is 3.71. The topological polar surface area (TPSA) is 69.4 Å². The summed E-state index contributed by atoms with van der Waals surface area (Å²) in [6.45, 7) is 0. The van der Waals surface area contributed by atoms with E-state index in [4.69, 9.17) is 0 Å². The van der Waals surface area contributed by atoms with Crippen LogP contribution in [0.2, 0.25) is 0 Å². The molecule has 5 nitrogen and oxygen atoms in total. The largest absolute Gasteiger partial charge is 0.469 e. The number of esters is 1. The summed E-state index contributed by atoms with van der Waals surface area (Å²) in [6, 6.07) is 2.18. The molecular weight excluding hydrogens is 279 g/mol. The van der Waals surface area contributed by atoms with Crippen molar-refractivity contribution < 1.29 is 27.6 Å². The first-order valence-electron chi connectivity index (χ1n) is 5.34. The molecule has 1 aromatic carbocycles. The molecule has 0 amide bonds. The average molecular weight is 289 g/mol. The van der Waals surface area contributed by atoms with Crippen molar-refractivity contribution in [3.63, 3.8) is 0 Å². The summed E-state index contributed by atoms with van der Waals surface area (Å²) in [5, 5.41) is 10.8. The smallest absolute Gasteiger partial charge is 0.416 e. The fraction of sp³-hybridized carbons (Fsp3) is 0.250. The van der Waals surface area contributed by atoms with Crippen LogP contribution in [-0.4, -0.2) is 18.0 Å². The Morgan fingerprint density at radius 3 is 2.60 bits per heavy atom. The number of halogens is 3. The number of hydrogen-bond donors (Lipinski definition) is 0. The maximum absolute atomic E-state index is 12.5. The molecular formula is C12H10F3NO4. The van der Waals surface area contributed by atoms with Crippen LogP contribution >= 0.6 is 0 Å². The summed E-state index contributed by atoms with van der Waals surface area (Å²) >= 11 is 0. The zero-order chi connectivity index (χ0) is 15.3. The van der Waals surface area contributed by atoms with Crippen LogP contribution in [0.4, 0.5) is 18.9 Å². The molecule has 0 fully saturated rings. The van der Waals surface area contributed by atoms with Crippen LogP contribution in [-0.2, 0) is 15.7 Å². The molecule has 0 saturated carbocycles. The highest BCUT2D eigenvalue weighted by Gasteiger charge is 2.32. The molecule has 20 heavy (non-hydrogen) atoms. The minimum Gasteiger partial charge on any atom is -0.469 e. The molecule has 8 heteroatoms. The molecule has 0 aliphatic rings. The summed E-state index contributed by atoms with van der Waals surface area (Å²) in [7, 11) is 1.18. The van der Waals surface area contributed by atoms with E-state index in [2.05, 4.69) is 4.74 Å². The second-order valence-corrected chi connectivity index (χ2v) is 3.71. The predicted molar refractivity (Wildman–Crippen MR) is 63.8 cm³/mol. The molecule has 0 saturated heterocycles. The number of ether oxygens (including phenoxy) is 1. The predicted octanol–water partition coefficient (Wildman–Crippen LogP) is 3.19. The molecule has 0 N–H and O–H groups in total. The molecule has 0 aliphatic carbocycles. The Bertz CT molecular complexity index is 552. The summed E-state index contributed by atoms with van der Waals surface area (Å²) in [6.07, 6.45) is -2.30. The number of rotatable bonds is 4. The van der Waals surface area contributed by atoms with Gasteiger partial charge < -0.3 is 4.74 Å². The van der Waals surface area contributed by atoms with Gasteiger partial charge in [0.05, 0.1) is 29.6 Å². The van der Waals surface area contributed by atoms with Gasteiger partial charge in [0, 0.05) is 6.07 Å². The number of nitro benzene ring substituents is 1. The number of hydrogen-bond acceptors (Lipinski definition) is 4. The van der Waals surface area contributed by atoms with E-state index >= 15 is 0 Å². The van der Waals surface area contributed by atoms with Crippen LogP contribution in [0.25, 0.3) is 6.08 Å². The number of alkyl halides is 3. The third kappa shape index (κ3) is 4.08. The van der Waals surface area contributed by atoms with Gasteiger partial charge in [-0.25, -0.2) is 0 Å². The van der Waals surface area contributed by atoms with Crippen LogP contribution in [0.5, 0.6) is 0 Å². The Hall–Kier alpha value is -2.38. The van der Waals surface area contributed by atoms with E-state index < -0.39 is 28.3 Å². The molecule has 0 radical (unpaired) electrons. The van der Waals surface area contributed by atoms with Crippen molar-refractivity contribution in [2.75, 3.05) is 7.11 Å². The number of nitro groups is 1. The summed E-state index contributed by atoms with van der Waals surface area (Å²) in [5.74, 6) is -0.559. The SMILES string of the molecule is COC(=O)CC=Cc1ccc(C(F)(F)F)cc1[N+](=O)[O-]. The Kier molecular flexibility index (Phi) is 4.84. The lowest BCUT2D eigenvalue weighted by Gasteiger charge is -2.07. The third-order valence-electron chi connectivity index (χ3n) is 2.36. The molecule has 0 heterocycles. The van der Waals surface area contributed by atoms with Crippen molar-refractivity contribution in [1.29, 1.82) is 0 Å². The van der Waals surface area contributed by atoms with Crippen molar-refractivity contribution in [1.82, 2.24) is 0 Å². The standard InChI is InChI=1S/C12H10F3NO4/c1-20-11(17)4-2-3-8-5-6-9(12(13,14)15)7-10(8)16(18)19/h2-3,5-7H,4H2,1H3. The highest BCUT2D eigenvalue weighted by Crippen LogP contribution is 2.33. The minimum atomic E-state index is -4.65. The number of benzene rings is 1. The zero-order valence-electron chi connectivity index (χ0n) is 10.3. The van der Waals surface area contributed by atoms with Gasteiger partial charge in [-0.05, 0) is 12.1 Å². The maximum atomic E-state index is 12.5. The second kappa shape index (κ2) is 6.18. The molecule has 0 unspecified atom stereocenters. The summed E-state index contributed by atoms with van der Waals surface area (Å²) in [4.78, 5) is 20.7. The van der Waals surface area contributed by atoms with Gasteiger partial charge in [-0.3, -0.25) is 14.9 Å². The van der Waals surface area contributed by atoms with Crippen LogP contribution in [0, 0.1) is 10.1 Å². The van der Waals surface area contributed by atoms with Crippen molar-refractivity contribution in [2.24, 2.45) is 0 Å². The van der Waals surface area contributed by atoms with Crippen molar-refractivity contribution in [3.8, 4) is 0 Å². The van der Waals surface area contributed by atoms with Crippen molar-refractivity contribution in [3.05, 3.63) is 45.5 Å². The minimum absolute atomic E-state index is 0.0214. The third-order valence-corrected chi connectivity index (χ3v) is 2.36. The number of carbonyl (C=O) groups excluding carboxylic acids is 1. The van der Waals surface area contributed by atoms with Gasteiger partial charge in [0.2, 0.25) is 0 Å². The van der Waals surface area contributed by atoms with Gasteiger partial charge in [-0.15, -0.1) is 0 Å². The van der Waals surface area contributed by atoms with Crippen molar-refractivity contribution in [2.45, 2.75) is 12.6 Å². The Morgan fingerprint density at radius 2 is 2.10 bits per heavy atom. The Labute approximate surface area is 111 Å². The summed E-state index contributed by atoms with van der Waals surface area (Å²) in [5.41, 5.74) is -1.80. The quantitative estimate of drug-likeness (QED) is 0.485. The van der Waals surface area contributed by atoms with Gasteiger partial charge in [0.1, 0.15) is 0 Å². The van der Waals surface area contributed by atoms with E-state index in [0.29, 0.717) is 6.07 Å². The summed E-state index contributed by atoms with van der Waals surface area (Å²) < 4.78 is 41.8. The Morgan fingerprint density at radius 1 is 1.45 bits per heavy atom. The van der Waals surface area contributed by atoms with Crippen LogP contribution in [0.1, 0.15) is 17.5 Å². The fourth-order valence-electron chi connectivity index (χ4n) is 1.38. The molecule has 0 atom stereocenters. The highest BCUT2D eigenvalue weighted by atomic mass is 19.4. The number of methoxy groups -OCH3 is 1. The van der Waals surface area contributed by atoms with E-state index in [9.17, 15) is 28.1 Å². The van der Waals surface area contributed by atoms with Crippen molar-refractivity contribution >= 4 is 17.7 Å². The zero-order valence-corrected chi connectivity index (χ0v) is 10.3. The van der Waals surface area contributed by atoms with Crippen LogP contribution in [0.3, 0.4) is 0 Å². The van der Waals surface area contributed by atoms with E-state index in [0.717, 1.165) is 12.1 Å².